The first-order chi connectivity index (χ1) is 15.8. The van der Waals surface area contributed by atoms with Crippen LogP contribution in [0.1, 0.15) is 25.0 Å². The molecule has 3 N–H and O–H groups in total. The Kier molecular flexibility index (Phi) is 7.50. The minimum atomic E-state index is -0.703. The SMILES string of the molecule is COc1cccc(/C=C\C(=O)N(CC(C)C)c2c(N)n(Cc3ccccc3)c(=O)[nH]c2=O)c1. The fraction of sp³-hybridized carbons (Fsp3) is 0.240. The van der Waals surface area contributed by atoms with E-state index >= 15 is 0 Å². The van der Waals surface area contributed by atoms with Crippen LogP contribution in [0.5, 0.6) is 5.75 Å². The highest BCUT2D eigenvalue weighted by Crippen LogP contribution is 2.20. The summed E-state index contributed by atoms with van der Waals surface area (Å²) in [4.78, 5) is 42.1. The van der Waals surface area contributed by atoms with E-state index in [1.807, 2.05) is 56.3 Å². The van der Waals surface area contributed by atoms with Crippen molar-refractivity contribution < 1.29 is 9.53 Å². The smallest absolute Gasteiger partial charge is 0.330 e. The fourth-order valence-electron chi connectivity index (χ4n) is 3.42. The zero-order valence-corrected chi connectivity index (χ0v) is 18.9. The Labute approximate surface area is 191 Å². The molecule has 0 radical (unpaired) electrons. The molecule has 0 unspecified atom stereocenters. The molecule has 33 heavy (non-hydrogen) atoms. The monoisotopic (exact) mass is 448 g/mol. The van der Waals surface area contributed by atoms with E-state index in [0.717, 1.165) is 11.1 Å². The zero-order chi connectivity index (χ0) is 24.0. The third-order valence-corrected chi connectivity index (χ3v) is 4.99. The summed E-state index contributed by atoms with van der Waals surface area (Å²) in [6.07, 6.45) is 3.02. The van der Waals surface area contributed by atoms with Crippen molar-refractivity contribution in [3.63, 3.8) is 0 Å². The maximum absolute atomic E-state index is 13.2. The van der Waals surface area contributed by atoms with Crippen molar-refractivity contribution in [2.75, 3.05) is 24.3 Å². The van der Waals surface area contributed by atoms with Gasteiger partial charge in [0.15, 0.2) is 5.69 Å². The van der Waals surface area contributed by atoms with E-state index in [4.69, 9.17) is 10.5 Å². The van der Waals surface area contributed by atoms with Gasteiger partial charge < -0.3 is 15.4 Å². The van der Waals surface area contributed by atoms with Gasteiger partial charge >= 0.3 is 5.69 Å². The third kappa shape index (κ3) is 5.79. The fourth-order valence-corrected chi connectivity index (χ4v) is 3.42. The minimum absolute atomic E-state index is 0.0421. The van der Waals surface area contributed by atoms with Crippen molar-refractivity contribution in [1.82, 2.24) is 9.55 Å². The lowest BCUT2D eigenvalue weighted by molar-refractivity contribution is -0.114. The van der Waals surface area contributed by atoms with Gasteiger partial charge in [0.2, 0.25) is 0 Å². The highest BCUT2D eigenvalue weighted by atomic mass is 16.5. The number of benzene rings is 2. The Morgan fingerprint density at radius 2 is 1.88 bits per heavy atom. The van der Waals surface area contributed by atoms with Gasteiger partial charge in [-0.15, -0.1) is 0 Å². The van der Waals surface area contributed by atoms with Crippen molar-refractivity contribution >= 4 is 23.5 Å². The summed E-state index contributed by atoms with van der Waals surface area (Å²) < 4.78 is 6.47. The number of carbonyl (C=O) groups is 1. The topological polar surface area (TPSA) is 110 Å². The number of methoxy groups -OCH3 is 1. The summed E-state index contributed by atoms with van der Waals surface area (Å²) in [5.74, 6) is 0.231. The number of H-pyrrole nitrogens is 1. The molecular formula is C25H28N4O4. The molecule has 172 valence electrons. The average Bonchev–Trinajstić information content (AvgIpc) is 2.80. The molecule has 3 aromatic rings. The van der Waals surface area contributed by atoms with Crippen LogP contribution in [-0.4, -0.2) is 29.1 Å². The normalized spacial score (nSPS) is 11.2. The molecule has 8 nitrogen and oxygen atoms in total. The van der Waals surface area contributed by atoms with Crippen LogP contribution in [0.4, 0.5) is 11.5 Å². The van der Waals surface area contributed by atoms with E-state index in [1.165, 1.54) is 15.5 Å². The number of hydrogen-bond acceptors (Lipinski definition) is 5. The minimum Gasteiger partial charge on any atom is -0.497 e. The van der Waals surface area contributed by atoms with E-state index in [9.17, 15) is 14.4 Å². The Balaban J connectivity index is 2.01. The van der Waals surface area contributed by atoms with Crippen LogP contribution in [0.2, 0.25) is 0 Å². The standard InChI is InChI=1S/C25H28N4O4/c1-17(2)15-28(21(30)13-12-18-10-7-11-20(14-18)33-3)22-23(26)29(25(32)27-24(22)31)16-19-8-5-4-6-9-19/h4-14,17H,15-16,26H2,1-3H3,(H,27,31,32)/b13-12-. The molecule has 2 aromatic carbocycles. The molecule has 0 aliphatic heterocycles. The van der Waals surface area contributed by atoms with Gasteiger partial charge in [-0.2, -0.15) is 0 Å². The summed E-state index contributed by atoms with van der Waals surface area (Å²) >= 11 is 0. The molecule has 0 atom stereocenters. The number of aromatic nitrogens is 2. The number of amides is 1. The number of nitrogens with one attached hydrogen (secondary N) is 1. The molecule has 1 heterocycles. The number of ether oxygens (including phenoxy) is 1. The number of nitrogens with zero attached hydrogens (tertiary/aromatic N) is 2. The molecule has 0 aliphatic rings. The predicted molar refractivity (Wildman–Crippen MR) is 130 cm³/mol. The Hall–Kier alpha value is -4.07. The average molecular weight is 449 g/mol. The van der Waals surface area contributed by atoms with Gasteiger partial charge in [-0.05, 0) is 35.3 Å². The number of nitrogens with two attached hydrogens (primary N) is 1. The zero-order valence-electron chi connectivity index (χ0n) is 18.9. The van der Waals surface area contributed by atoms with Crippen molar-refractivity contribution in [1.29, 1.82) is 0 Å². The lowest BCUT2D eigenvalue weighted by atomic mass is 10.1. The Morgan fingerprint density at radius 1 is 1.15 bits per heavy atom. The van der Waals surface area contributed by atoms with Gasteiger partial charge in [-0.1, -0.05) is 56.3 Å². The molecule has 1 aromatic heterocycles. The molecule has 0 saturated heterocycles. The van der Waals surface area contributed by atoms with Crippen molar-refractivity contribution in [2.45, 2.75) is 20.4 Å². The van der Waals surface area contributed by atoms with Gasteiger partial charge in [-0.25, -0.2) is 4.79 Å². The quantitative estimate of drug-likeness (QED) is 0.515. The van der Waals surface area contributed by atoms with Crippen molar-refractivity contribution in [3.05, 3.63) is 92.6 Å². The summed E-state index contributed by atoms with van der Waals surface area (Å²) in [6.45, 7) is 4.27. The summed E-state index contributed by atoms with van der Waals surface area (Å²) in [5.41, 5.74) is 6.53. The second-order valence-corrected chi connectivity index (χ2v) is 8.02. The third-order valence-electron chi connectivity index (χ3n) is 4.99. The van der Waals surface area contributed by atoms with Crippen LogP contribution in [0.15, 0.2) is 70.3 Å². The summed E-state index contributed by atoms with van der Waals surface area (Å²) in [6, 6.07) is 16.5. The number of carbonyl (C=O) groups excluding carboxylic acids is 1. The van der Waals surface area contributed by atoms with Gasteiger partial charge in [-0.3, -0.25) is 19.1 Å². The van der Waals surface area contributed by atoms with Crippen LogP contribution in [-0.2, 0) is 11.3 Å². The highest BCUT2D eigenvalue weighted by molar-refractivity contribution is 6.05. The Bertz CT molecular complexity index is 1260. The van der Waals surface area contributed by atoms with Gasteiger partial charge in [0.25, 0.3) is 11.5 Å². The number of aromatic amines is 1. The highest BCUT2D eigenvalue weighted by Gasteiger charge is 2.23. The lowest BCUT2D eigenvalue weighted by Gasteiger charge is -2.25. The van der Waals surface area contributed by atoms with Crippen LogP contribution in [0, 0.1) is 5.92 Å². The van der Waals surface area contributed by atoms with E-state index in [0.29, 0.717) is 5.75 Å². The van der Waals surface area contributed by atoms with E-state index in [2.05, 4.69) is 4.98 Å². The molecule has 1 amide bonds. The van der Waals surface area contributed by atoms with Crippen LogP contribution in [0.25, 0.3) is 6.08 Å². The number of rotatable bonds is 8. The molecule has 0 spiro atoms. The maximum Gasteiger partial charge on any atom is 0.330 e. The summed E-state index contributed by atoms with van der Waals surface area (Å²) in [7, 11) is 1.57. The van der Waals surface area contributed by atoms with E-state index in [-0.39, 0.29) is 30.5 Å². The van der Waals surface area contributed by atoms with E-state index < -0.39 is 17.2 Å². The van der Waals surface area contributed by atoms with E-state index in [1.54, 1.807) is 25.3 Å². The van der Waals surface area contributed by atoms with Crippen LogP contribution >= 0.6 is 0 Å². The largest absolute Gasteiger partial charge is 0.497 e. The second-order valence-electron chi connectivity index (χ2n) is 8.02. The molecule has 0 fully saturated rings. The molecular weight excluding hydrogens is 420 g/mol. The lowest BCUT2D eigenvalue weighted by Crippen LogP contribution is -2.42. The molecule has 0 bridgehead atoms. The number of nitrogen functional groups attached to an aromatic ring is 1. The van der Waals surface area contributed by atoms with Gasteiger partial charge in [0, 0.05) is 12.6 Å². The number of hydrogen-bond donors (Lipinski definition) is 2. The van der Waals surface area contributed by atoms with Crippen LogP contribution in [0.3, 0.4) is 0 Å². The first-order valence-corrected chi connectivity index (χ1v) is 10.6. The maximum atomic E-state index is 13.2. The van der Waals surface area contributed by atoms with Gasteiger partial charge in [0.05, 0.1) is 13.7 Å². The van der Waals surface area contributed by atoms with Crippen LogP contribution < -0.4 is 26.6 Å². The van der Waals surface area contributed by atoms with Crippen molar-refractivity contribution in [2.24, 2.45) is 5.92 Å². The summed E-state index contributed by atoms with van der Waals surface area (Å²) in [5, 5.41) is 0. The second kappa shape index (κ2) is 10.5. The molecule has 8 heteroatoms. The first kappa shape index (κ1) is 23.6. The molecule has 0 saturated carbocycles. The number of anilines is 2. The Morgan fingerprint density at radius 3 is 2.55 bits per heavy atom. The first-order valence-electron chi connectivity index (χ1n) is 10.6. The molecule has 3 rings (SSSR count). The van der Waals surface area contributed by atoms with Gasteiger partial charge in [0.1, 0.15) is 11.6 Å². The molecule has 0 aliphatic carbocycles. The van der Waals surface area contributed by atoms with Crippen molar-refractivity contribution in [3.8, 4) is 5.75 Å². The predicted octanol–water partition coefficient (Wildman–Crippen LogP) is 2.88.